The lowest BCUT2D eigenvalue weighted by Gasteiger charge is -2.34. The van der Waals surface area contributed by atoms with Gasteiger partial charge in [-0.1, -0.05) is 12.1 Å². The number of hydrogen-bond acceptors (Lipinski definition) is 3. The summed E-state index contributed by atoms with van der Waals surface area (Å²) in [6.07, 6.45) is 2.20. The molecule has 98 valence electrons. The maximum absolute atomic E-state index is 11.1. The van der Waals surface area contributed by atoms with Crippen molar-refractivity contribution in [3.8, 4) is 0 Å². The van der Waals surface area contributed by atoms with E-state index in [-0.39, 0.29) is 5.60 Å². The number of ether oxygens (including phenoxy) is 1. The van der Waals surface area contributed by atoms with Gasteiger partial charge in [0.1, 0.15) is 0 Å². The van der Waals surface area contributed by atoms with Crippen LogP contribution in [0.4, 0.5) is 0 Å². The number of hydrogen-bond donors (Lipinski definition) is 2. The average Bonchev–Trinajstić information content (AvgIpc) is 2.38. The molecule has 1 aliphatic rings. The van der Waals surface area contributed by atoms with E-state index in [1.54, 1.807) is 12.1 Å². The fourth-order valence-electron chi connectivity index (χ4n) is 2.22. The molecule has 1 fully saturated rings. The van der Waals surface area contributed by atoms with E-state index in [1.807, 2.05) is 12.1 Å². The first-order chi connectivity index (χ1) is 8.59. The fourth-order valence-corrected chi connectivity index (χ4v) is 2.22. The lowest BCUT2D eigenvalue weighted by atomic mass is 9.96. The Balaban J connectivity index is 1.97. The molecule has 0 bridgehead atoms. The summed E-state index contributed by atoms with van der Waals surface area (Å²) in [5.41, 5.74) is 6.66. The van der Waals surface area contributed by atoms with Gasteiger partial charge in [-0.05, 0) is 44.0 Å². The molecule has 0 saturated carbocycles. The molecular formula is C14H20N2O2. The van der Waals surface area contributed by atoms with Crippen LogP contribution in [0.1, 0.15) is 35.7 Å². The summed E-state index contributed by atoms with van der Waals surface area (Å²) in [5, 5.41) is 3.34. The molecule has 1 saturated heterocycles. The Morgan fingerprint density at radius 1 is 1.56 bits per heavy atom. The third-order valence-electron chi connectivity index (χ3n) is 3.36. The van der Waals surface area contributed by atoms with E-state index in [9.17, 15) is 4.79 Å². The molecule has 4 nitrogen and oxygen atoms in total. The van der Waals surface area contributed by atoms with Gasteiger partial charge in [0.15, 0.2) is 0 Å². The minimum absolute atomic E-state index is 0.110. The predicted octanol–water partition coefficient (Wildman–Crippen LogP) is 1.44. The first kappa shape index (κ1) is 13.1. The van der Waals surface area contributed by atoms with Crippen LogP contribution < -0.4 is 11.1 Å². The average molecular weight is 248 g/mol. The lowest BCUT2D eigenvalue weighted by Crippen LogP contribution is -2.45. The maximum Gasteiger partial charge on any atom is 0.248 e. The van der Waals surface area contributed by atoms with Gasteiger partial charge in [0.25, 0.3) is 0 Å². The van der Waals surface area contributed by atoms with Gasteiger partial charge in [-0.2, -0.15) is 0 Å². The number of primary amides is 1. The van der Waals surface area contributed by atoms with Crippen LogP contribution in [0.5, 0.6) is 0 Å². The van der Waals surface area contributed by atoms with Gasteiger partial charge in [-0.15, -0.1) is 0 Å². The van der Waals surface area contributed by atoms with Gasteiger partial charge < -0.3 is 15.8 Å². The first-order valence-electron chi connectivity index (χ1n) is 6.32. The lowest BCUT2D eigenvalue weighted by molar-refractivity contribution is -0.0571. The number of nitrogens with one attached hydrogen (secondary N) is 1. The molecule has 0 spiro atoms. The number of nitrogens with two attached hydrogens (primary N) is 1. The first-order valence-corrected chi connectivity index (χ1v) is 6.32. The summed E-state index contributed by atoms with van der Waals surface area (Å²) in [6, 6.07) is 7.30. The van der Waals surface area contributed by atoms with Crippen molar-refractivity contribution in [2.75, 3.05) is 13.1 Å². The zero-order chi connectivity index (χ0) is 13.0. The van der Waals surface area contributed by atoms with Crippen molar-refractivity contribution >= 4 is 5.91 Å². The molecule has 0 radical (unpaired) electrons. The van der Waals surface area contributed by atoms with E-state index in [4.69, 9.17) is 10.5 Å². The van der Waals surface area contributed by atoms with Crippen LogP contribution in [0, 0.1) is 0 Å². The molecule has 0 aromatic heterocycles. The molecule has 1 aromatic rings. The van der Waals surface area contributed by atoms with Crippen molar-refractivity contribution in [3.63, 3.8) is 0 Å². The van der Waals surface area contributed by atoms with E-state index in [0.29, 0.717) is 12.2 Å². The Morgan fingerprint density at radius 3 is 3.06 bits per heavy atom. The predicted molar refractivity (Wildman–Crippen MR) is 70.3 cm³/mol. The van der Waals surface area contributed by atoms with Gasteiger partial charge >= 0.3 is 0 Å². The molecule has 1 aromatic carbocycles. The highest BCUT2D eigenvalue weighted by Gasteiger charge is 2.27. The number of benzene rings is 1. The van der Waals surface area contributed by atoms with Crippen molar-refractivity contribution in [1.29, 1.82) is 0 Å². The summed E-state index contributed by atoms with van der Waals surface area (Å²) in [5.74, 6) is -0.401. The van der Waals surface area contributed by atoms with Crippen molar-refractivity contribution in [2.24, 2.45) is 5.73 Å². The van der Waals surface area contributed by atoms with Crippen LogP contribution in [-0.2, 0) is 11.3 Å². The van der Waals surface area contributed by atoms with Gasteiger partial charge in [0.05, 0.1) is 12.2 Å². The van der Waals surface area contributed by atoms with Gasteiger partial charge in [0.2, 0.25) is 5.91 Å². The Bertz CT molecular complexity index is 426. The minimum Gasteiger partial charge on any atom is -0.369 e. The zero-order valence-electron chi connectivity index (χ0n) is 10.7. The molecular weight excluding hydrogens is 228 g/mol. The molecule has 1 amide bonds. The quantitative estimate of drug-likeness (QED) is 0.847. The van der Waals surface area contributed by atoms with Crippen LogP contribution in [0.2, 0.25) is 0 Å². The highest BCUT2D eigenvalue weighted by Crippen LogP contribution is 2.21. The van der Waals surface area contributed by atoms with Crippen LogP contribution in [0.15, 0.2) is 24.3 Å². The van der Waals surface area contributed by atoms with Crippen molar-refractivity contribution in [1.82, 2.24) is 5.32 Å². The number of rotatable bonds is 4. The molecule has 1 heterocycles. The van der Waals surface area contributed by atoms with Gasteiger partial charge in [0, 0.05) is 12.1 Å². The SMILES string of the molecule is CC1(OCc2cccc(C(N)=O)c2)CCCNC1. The van der Waals surface area contributed by atoms with E-state index >= 15 is 0 Å². The summed E-state index contributed by atoms with van der Waals surface area (Å²) >= 11 is 0. The second-order valence-corrected chi connectivity index (χ2v) is 5.08. The topological polar surface area (TPSA) is 64.3 Å². The molecule has 1 atom stereocenters. The monoisotopic (exact) mass is 248 g/mol. The molecule has 18 heavy (non-hydrogen) atoms. The number of carbonyl (C=O) groups excluding carboxylic acids is 1. The Morgan fingerprint density at radius 2 is 2.39 bits per heavy atom. The largest absolute Gasteiger partial charge is 0.369 e. The second-order valence-electron chi connectivity index (χ2n) is 5.08. The normalized spacial score (nSPS) is 23.8. The summed E-state index contributed by atoms with van der Waals surface area (Å²) in [6.45, 7) is 4.58. The molecule has 3 N–H and O–H groups in total. The number of amides is 1. The standard InChI is InChI=1S/C14H20N2O2/c1-14(6-3-7-16-10-14)18-9-11-4-2-5-12(8-11)13(15)17/h2,4-5,8,16H,3,6-7,9-10H2,1H3,(H2,15,17). The Labute approximate surface area is 108 Å². The molecule has 0 aliphatic carbocycles. The van der Waals surface area contributed by atoms with Crippen molar-refractivity contribution in [2.45, 2.75) is 32.0 Å². The number of carbonyl (C=O) groups is 1. The van der Waals surface area contributed by atoms with E-state index in [1.165, 1.54) is 0 Å². The Kier molecular flexibility index (Phi) is 3.99. The Hall–Kier alpha value is -1.39. The fraction of sp³-hybridized carbons (Fsp3) is 0.500. The van der Waals surface area contributed by atoms with Gasteiger partial charge in [-0.3, -0.25) is 4.79 Å². The molecule has 4 heteroatoms. The molecule has 2 rings (SSSR count). The van der Waals surface area contributed by atoms with Crippen LogP contribution in [-0.4, -0.2) is 24.6 Å². The number of piperidine rings is 1. The van der Waals surface area contributed by atoms with Crippen LogP contribution in [0.25, 0.3) is 0 Å². The smallest absolute Gasteiger partial charge is 0.248 e. The minimum atomic E-state index is -0.401. The summed E-state index contributed by atoms with van der Waals surface area (Å²) in [7, 11) is 0. The van der Waals surface area contributed by atoms with E-state index < -0.39 is 5.91 Å². The highest BCUT2D eigenvalue weighted by atomic mass is 16.5. The van der Waals surface area contributed by atoms with Gasteiger partial charge in [-0.25, -0.2) is 0 Å². The van der Waals surface area contributed by atoms with Crippen molar-refractivity contribution in [3.05, 3.63) is 35.4 Å². The summed E-state index contributed by atoms with van der Waals surface area (Å²) < 4.78 is 5.98. The van der Waals surface area contributed by atoms with E-state index in [0.717, 1.165) is 31.5 Å². The maximum atomic E-state index is 11.1. The zero-order valence-corrected chi connectivity index (χ0v) is 10.7. The third kappa shape index (κ3) is 3.31. The highest BCUT2D eigenvalue weighted by molar-refractivity contribution is 5.92. The summed E-state index contributed by atoms with van der Waals surface area (Å²) in [4.78, 5) is 11.1. The van der Waals surface area contributed by atoms with Crippen LogP contribution >= 0.6 is 0 Å². The molecule has 1 aliphatic heterocycles. The van der Waals surface area contributed by atoms with Crippen LogP contribution in [0.3, 0.4) is 0 Å². The van der Waals surface area contributed by atoms with E-state index in [2.05, 4.69) is 12.2 Å². The molecule has 1 unspecified atom stereocenters. The second kappa shape index (κ2) is 5.50. The van der Waals surface area contributed by atoms with Crippen molar-refractivity contribution < 1.29 is 9.53 Å². The third-order valence-corrected chi connectivity index (χ3v) is 3.36.